The molecule has 16 heavy (non-hydrogen) atoms. The second-order valence-electron chi connectivity index (χ2n) is 3.31. The van der Waals surface area contributed by atoms with Gasteiger partial charge in [-0.1, -0.05) is 6.07 Å². The second kappa shape index (κ2) is 8.19. The number of likely N-dealkylation sites (N-methyl/N-ethyl adjacent to an activating group) is 1. The quantitative estimate of drug-likeness (QED) is 0.907. The van der Waals surface area contributed by atoms with Crippen LogP contribution in [0.2, 0.25) is 0 Å². The van der Waals surface area contributed by atoms with Crippen LogP contribution in [-0.2, 0) is 4.79 Å². The maximum Gasteiger partial charge on any atom is 0.244 e. The third kappa shape index (κ3) is 5.19. The third-order valence-electron chi connectivity index (χ3n) is 1.84. The minimum Gasteiger partial charge on any atom is -0.359 e. The van der Waals surface area contributed by atoms with Crippen LogP contribution >= 0.6 is 24.8 Å². The fraction of sp³-hybridized carbons (Fsp3) is 0.400. The van der Waals surface area contributed by atoms with Gasteiger partial charge < -0.3 is 10.2 Å². The first-order valence-corrected chi connectivity index (χ1v) is 4.50. The predicted molar refractivity (Wildman–Crippen MR) is 70.5 cm³/mol. The summed E-state index contributed by atoms with van der Waals surface area (Å²) < 4.78 is 0. The van der Waals surface area contributed by atoms with Gasteiger partial charge in [-0.25, -0.2) is 4.98 Å². The van der Waals surface area contributed by atoms with Crippen molar-refractivity contribution in [3.8, 4) is 0 Å². The van der Waals surface area contributed by atoms with E-state index in [-0.39, 0.29) is 36.8 Å². The van der Waals surface area contributed by atoms with E-state index in [9.17, 15) is 4.79 Å². The molecule has 92 valence electrons. The van der Waals surface area contributed by atoms with Gasteiger partial charge in [0.1, 0.15) is 11.9 Å². The van der Waals surface area contributed by atoms with Crippen molar-refractivity contribution < 1.29 is 4.79 Å². The van der Waals surface area contributed by atoms with Crippen LogP contribution in [-0.4, -0.2) is 35.9 Å². The smallest absolute Gasteiger partial charge is 0.244 e. The van der Waals surface area contributed by atoms with Crippen molar-refractivity contribution in [2.24, 2.45) is 0 Å². The Morgan fingerprint density at radius 3 is 2.44 bits per heavy atom. The molecule has 0 unspecified atom stereocenters. The standard InChI is InChI=1S/C10H15N3O.2ClH/c1-8(10(14)13(2)3)12-9-6-4-5-7-11-9;;/h4-8H,1-3H3,(H,11,12);2*1H/t8-;;/m1../s1. The van der Waals surface area contributed by atoms with E-state index in [1.165, 1.54) is 0 Å². The maximum absolute atomic E-state index is 11.5. The Bertz CT molecular complexity index is 306. The molecular weight excluding hydrogens is 249 g/mol. The van der Waals surface area contributed by atoms with E-state index in [2.05, 4.69) is 10.3 Å². The van der Waals surface area contributed by atoms with Crippen LogP contribution in [0.15, 0.2) is 24.4 Å². The molecule has 0 aliphatic rings. The lowest BCUT2D eigenvalue weighted by molar-refractivity contribution is -0.129. The molecule has 0 bridgehead atoms. The minimum absolute atomic E-state index is 0. The fourth-order valence-electron chi connectivity index (χ4n) is 1.12. The number of aromatic nitrogens is 1. The van der Waals surface area contributed by atoms with E-state index in [4.69, 9.17) is 0 Å². The summed E-state index contributed by atoms with van der Waals surface area (Å²) in [5, 5.41) is 3.02. The average molecular weight is 266 g/mol. The number of nitrogens with one attached hydrogen (secondary N) is 1. The van der Waals surface area contributed by atoms with Gasteiger partial charge in [0.25, 0.3) is 0 Å². The van der Waals surface area contributed by atoms with Crippen LogP contribution in [0, 0.1) is 0 Å². The monoisotopic (exact) mass is 265 g/mol. The van der Waals surface area contributed by atoms with E-state index < -0.39 is 0 Å². The van der Waals surface area contributed by atoms with Gasteiger partial charge in [0.15, 0.2) is 0 Å². The molecule has 1 amide bonds. The lowest BCUT2D eigenvalue weighted by Crippen LogP contribution is -2.36. The third-order valence-corrected chi connectivity index (χ3v) is 1.84. The molecule has 0 fully saturated rings. The first kappa shape index (κ1) is 17.4. The van der Waals surface area contributed by atoms with E-state index >= 15 is 0 Å². The molecule has 0 aliphatic carbocycles. The number of carbonyl (C=O) groups is 1. The molecule has 4 nitrogen and oxygen atoms in total. The lowest BCUT2D eigenvalue weighted by Gasteiger charge is -2.18. The molecular formula is C10H17Cl2N3O. The number of nitrogens with zero attached hydrogens (tertiary/aromatic N) is 2. The number of rotatable bonds is 3. The van der Waals surface area contributed by atoms with Crippen molar-refractivity contribution >= 4 is 36.5 Å². The Kier molecular flexibility index (Phi) is 8.90. The predicted octanol–water partition coefficient (Wildman–Crippen LogP) is 1.81. The zero-order valence-corrected chi connectivity index (χ0v) is 11.1. The summed E-state index contributed by atoms with van der Waals surface area (Å²) in [5.41, 5.74) is 0. The van der Waals surface area contributed by atoms with Gasteiger partial charge in [-0.2, -0.15) is 0 Å². The second-order valence-corrected chi connectivity index (χ2v) is 3.31. The van der Waals surface area contributed by atoms with Gasteiger partial charge >= 0.3 is 0 Å². The Hall–Kier alpha value is -1.00. The van der Waals surface area contributed by atoms with Gasteiger partial charge in [0, 0.05) is 20.3 Å². The highest BCUT2D eigenvalue weighted by atomic mass is 35.5. The summed E-state index contributed by atoms with van der Waals surface area (Å²) in [6, 6.07) is 5.30. The van der Waals surface area contributed by atoms with Crippen molar-refractivity contribution in [2.45, 2.75) is 13.0 Å². The minimum atomic E-state index is -0.250. The number of anilines is 1. The number of hydrogen-bond donors (Lipinski definition) is 1. The highest BCUT2D eigenvalue weighted by Gasteiger charge is 2.14. The molecule has 0 spiro atoms. The van der Waals surface area contributed by atoms with Crippen LogP contribution in [0.3, 0.4) is 0 Å². The number of hydrogen-bond acceptors (Lipinski definition) is 3. The van der Waals surface area contributed by atoms with Gasteiger partial charge in [-0.15, -0.1) is 24.8 Å². The molecule has 1 aromatic rings. The SMILES string of the molecule is C[C@@H](Nc1ccccn1)C(=O)N(C)C.Cl.Cl. The van der Waals surface area contributed by atoms with E-state index in [0.29, 0.717) is 0 Å². The van der Waals surface area contributed by atoms with Gasteiger partial charge in [0.2, 0.25) is 5.91 Å². The van der Waals surface area contributed by atoms with E-state index in [1.807, 2.05) is 25.1 Å². The fourth-order valence-corrected chi connectivity index (χ4v) is 1.12. The molecule has 1 atom stereocenters. The normalized spacial score (nSPS) is 10.4. The lowest BCUT2D eigenvalue weighted by atomic mass is 10.3. The molecule has 1 N–H and O–H groups in total. The van der Waals surface area contributed by atoms with Crippen LogP contribution in [0.1, 0.15) is 6.92 Å². The molecule has 0 saturated carbocycles. The maximum atomic E-state index is 11.5. The van der Waals surface area contributed by atoms with Crippen LogP contribution < -0.4 is 5.32 Å². The van der Waals surface area contributed by atoms with E-state index in [0.717, 1.165) is 5.82 Å². The van der Waals surface area contributed by atoms with Gasteiger partial charge in [0.05, 0.1) is 0 Å². The number of carbonyl (C=O) groups excluding carboxylic acids is 1. The Labute approximate surface area is 108 Å². The van der Waals surface area contributed by atoms with Crippen molar-refractivity contribution in [2.75, 3.05) is 19.4 Å². The average Bonchev–Trinajstić information content (AvgIpc) is 2.18. The highest BCUT2D eigenvalue weighted by Crippen LogP contribution is 2.03. The number of amides is 1. The summed E-state index contributed by atoms with van der Waals surface area (Å²) in [6.45, 7) is 1.82. The zero-order valence-electron chi connectivity index (χ0n) is 9.51. The van der Waals surface area contributed by atoms with Gasteiger partial charge in [-0.05, 0) is 19.1 Å². The Morgan fingerprint density at radius 1 is 1.38 bits per heavy atom. The summed E-state index contributed by atoms with van der Waals surface area (Å²) >= 11 is 0. The topological polar surface area (TPSA) is 45.2 Å². The first-order valence-electron chi connectivity index (χ1n) is 4.50. The summed E-state index contributed by atoms with van der Waals surface area (Å²) in [7, 11) is 3.47. The first-order chi connectivity index (χ1) is 6.61. The molecule has 0 aromatic carbocycles. The van der Waals surface area contributed by atoms with Gasteiger partial charge in [-0.3, -0.25) is 4.79 Å². The molecule has 1 aromatic heterocycles. The van der Waals surface area contributed by atoms with Crippen LogP contribution in [0.25, 0.3) is 0 Å². The summed E-state index contributed by atoms with van der Waals surface area (Å²) in [5.74, 6) is 0.755. The highest BCUT2D eigenvalue weighted by molar-refractivity contribution is 5.85. The largest absolute Gasteiger partial charge is 0.359 e. The number of pyridine rings is 1. The molecule has 0 aliphatic heterocycles. The molecule has 0 radical (unpaired) electrons. The van der Waals surface area contributed by atoms with Crippen molar-refractivity contribution in [3.63, 3.8) is 0 Å². The summed E-state index contributed by atoms with van der Waals surface area (Å²) in [6.07, 6.45) is 1.69. The summed E-state index contributed by atoms with van der Waals surface area (Å²) in [4.78, 5) is 17.1. The van der Waals surface area contributed by atoms with Crippen LogP contribution in [0.5, 0.6) is 0 Å². The molecule has 1 heterocycles. The van der Waals surface area contributed by atoms with Crippen molar-refractivity contribution in [1.82, 2.24) is 9.88 Å². The molecule has 0 saturated heterocycles. The zero-order chi connectivity index (χ0) is 10.6. The molecule has 6 heteroatoms. The Balaban J connectivity index is 0. The number of halogens is 2. The van der Waals surface area contributed by atoms with Crippen LogP contribution in [0.4, 0.5) is 5.82 Å². The van der Waals surface area contributed by atoms with Crippen molar-refractivity contribution in [3.05, 3.63) is 24.4 Å². The van der Waals surface area contributed by atoms with Crippen molar-refractivity contribution in [1.29, 1.82) is 0 Å². The van der Waals surface area contributed by atoms with E-state index in [1.54, 1.807) is 25.2 Å². The Morgan fingerprint density at radius 2 is 2.00 bits per heavy atom. The molecule has 1 rings (SSSR count).